The van der Waals surface area contributed by atoms with Gasteiger partial charge in [-0.1, -0.05) is 206 Å². The van der Waals surface area contributed by atoms with Gasteiger partial charge in [0.1, 0.15) is 0 Å². The fourth-order valence-corrected chi connectivity index (χ4v) is 6.23. The summed E-state index contributed by atoms with van der Waals surface area (Å²) in [6.45, 7) is 6.72. The van der Waals surface area contributed by atoms with E-state index in [1.807, 2.05) is 0 Å². The minimum absolute atomic E-state index is 0.220. The number of carboxylic acid groups (broad SMARTS) is 1. The van der Waals surface area contributed by atoms with Crippen LogP contribution < -0.4 is 0 Å². The van der Waals surface area contributed by atoms with E-state index in [1.54, 1.807) is 0 Å². The lowest BCUT2D eigenvalue weighted by molar-refractivity contribution is -0.138. The second kappa shape index (κ2) is 35.6. The smallest absolute Gasteiger partial charge is 0.317 e. The van der Waals surface area contributed by atoms with E-state index in [0.717, 1.165) is 25.9 Å². The lowest BCUT2D eigenvalue weighted by atomic mass is 10.0. The summed E-state index contributed by atoms with van der Waals surface area (Å²) in [5, 5.41) is 9.31. The average Bonchev–Trinajstić information content (AvgIpc) is 2.96. The van der Waals surface area contributed by atoms with Gasteiger partial charge in [0.2, 0.25) is 0 Å². The molecule has 0 aromatic rings. The van der Waals surface area contributed by atoms with Crippen LogP contribution in [0.4, 0.5) is 0 Å². The molecular weight excluding hydrogens is 502 g/mol. The van der Waals surface area contributed by atoms with Gasteiger partial charge in [-0.3, -0.25) is 9.69 Å². The van der Waals surface area contributed by atoms with Gasteiger partial charge in [-0.2, -0.15) is 0 Å². The summed E-state index contributed by atoms with van der Waals surface area (Å²) < 4.78 is 0. The first-order valence-corrected chi connectivity index (χ1v) is 19.1. The fraction of sp³-hybridized carbons (Fsp3) is 0.974. The number of carboxylic acids is 1. The molecule has 0 amide bonds. The van der Waals surface area contributed by atoms with Crippen LogP contribution in [-0.2, 0) is 4.79 Å². The zero-order chi connectivity index (χ0) is 29.9. The second-order valence-corrected chi connectivity index (χ2v) is 13.3. The number of unbranched alkanes of at least 4 members (excludes halogenated alkanes) is 30. The van der Waals surface area contributed by atoms with E-state index >= 15 is 0 Å². The molecule has 0 radical (unpaired) electrons. The molecule has 3 nitrogen and oxygen atoms in total. The molecule has 0 saturated heterocycles. The summed E-state index contributed by atoms with van der Waals surface area (Å²) in [5.74, 6) is -0.669. The normalized spacial score (nSPS) is 11.6. The van der Waals surface area contributed by atoms with Gasteiger partial charge in [-0.05, 0) is 25.9 Å². The number of rotatable bonds is 36. The Balaban J connectivity index is 3.46. The minimum atomic E-state index is -0.669. The maximum absolute atomic E-state index is 11.3. The molecule has 0 rings (SSSR count). The third-order valence-electron chi connectivity index (χ3n) is 9.01. The Morgan fingerprint density at radius 3 is 0.756 bits per heavy atom. The summed E-state index contributed by atoms with van der Waals surface area (Å²) in [6, 6.07) is 0. The lowest BCUT2D eigenvalue weighted by Crippen LogP contribution is -2.31. The first-order chi connectivity index (χ1) is 20.2. The predicted octanol–water partition coefficient (Wildman–Crippen LogP) is 12.9. The van der Waals surface area contributed by atoms with Crippen molar-refractivity contribution in [3.05, 3.63) is 0 Å². The molecule has 246 valence electrons. The van der Waals surface area contributed by atoms with Crippen LogP contribution in [0.25, 0.3) is 0 Å². The van der Waals surface area contributed by atoms with Gasteiger partial charge >= 0.3 is 5.97 Å². The third-order valence-corrected chi connectivity index (χ3v) is 9.01. The maximum Gasteiger partial charge on any atom is 0.317 e. The molecule has 0 bridgehead atoms. The van der Waals surface area contributed by atoms with Crippen molar-refractivity contribution in [3.63, 3.8) is 0 Å². The number of nitrogens with zero attached hydrogens (tertiary/aromatic N) is 1. The minimum Gasteiger partial charge on any atom is -0.480 e. The molecule has 41 heavy (non-hydrogen) atoms. The van der Waals surface area contributed by atoms with Crippen LogP contribution in [0.3, 0.4) is 0 Å². The molecule has 0 fully saturated rings. The maximum atomic E-state index is 11.3. The van der Waals surface area contributed by atoms with Crippen molar-refractivity contribution in [2.24, 2.45) is 0 Å². The van der Waals surface area contributed by atoms with Crippen molar-refractivity contribution in [2.75, 3.05) is 19.6 Å². The molecule has 0 aliphatic carbocycles. The molecule has 3 heteroatoms. The largest absolute Gasteiger partial charge is 0.480 e. The highest BCUT2D eigenvalue weighted by molar-refractivity contribution is 5.69. The molecule has 0 saturated carbocycles. The predicted molar refractivity (Wildman–Crippen MR) is 183 cm³/mol. The standard InChI is InChI=1S/C38H77NO2/c1-3-5-7-9-11-13-15-17-19-21-23-25-27-29-31-33-35-39(37-38(40)41)36-34-32-30-28-26-24-22-20-18-16-14-12-10-8-6-4-2/h3-37H2,1-2H3,(H,40,41). The topological polar surface area (TPSA) is 40.5 Å². The summed E-state index contributed by atoms with van der Waals surface area (Å²) >= 11 is 0. The molecule has 1 N–H and O–H groups in total. The van der Waals surface area contributed by atoms with Crippen LogP contribution in [0, 0.1) is 0 Å². The van der Waals surface area contributed by atoms with E-state index in [4.69, 9.17) is 0 Å². The van der Waals surface area contributed by atoms with Crippen LogP contribution in [0.2, 0.25) is 0 Å². The van der Waals surface area contributed by atoms with E-state index in [0.29, 0.717) is 0 Å². The Labute approximate surface area is 259 Å². The Morgan fingerprint density at radius 1 is 0.366 bits per heavy atom. The number of aliphatic carboxylic acids is 1. The number of hydrogen-bond acceptors (Lipinski definition) is 2. The highest BCUT2D eigenvalue weighted by Crippen LogP contribution is 2.15. The quantitative estimate of drug-likeness (QED) is 0.0750. The SMILES string of the molecule is CCCCCCCCCCCCCCCCCCN(CCCCCCCCCCCCCCCCCC)CC(=O)O. The number of carbonyl (C=O) groups is 1. The molecule has 0 aromatic heterocycles. The van der Waals surface area contributed by atoms with Crippen LogP contribution in [-0.4, -0.2) is 35.6 Å². The molecule has 0 unspecified atom stereocenters. The molecule has 0 aliphatic rings. The van der Waals surface area contributed by atoms with Gasteiger partial charge in [0.15, 0.2) is 0 Å². The van der Waals surface area contributed by atoms with Gasteiger partial charge in [0.05, 0.1) is 6.54 Å². The van der Waals surface area contributed by atoms with E-state index in [9.17, 15) is 9.90 Å². The summed E-state index contributed by atoms with van der Waals surface area (Å²) in [7, 11) is 0. The average molecular weight is 580 g/mol. The monoisotopic (exact) mass is 580 g/mol. The van der Waals surface area contributed by atoms with Crippen LogP contribution >= 0.6 is 0 Å². The molecule has 0 spiro atoms. The van der Waals surface area contributed by atoms with E-state index < -0.39 is 5.97 Å². The highest BCUT2D eigenvalue weighted by atomic mass is 16.4. The van der Waals surface area contributed by atoms with Crippen LogP contribution in [0.15, 0.2) is 0 Å². The van der Waals surface area contributed by atoms with Crippen molar-refractivity contribution in [3.8, 4) is 0 Å². The molecule has 0 aromatic carbocycles. The summed E-state index contributed by atoms with van der Waals surface area (Å²) in [5.41, 5.74) is 0. The van der Waals surface area contributed by atoms with Crippen LogP contribution in [0.1, 0.15) is 219 Å². The first kappa shape index (κ1) is 40.4. The Kier molecular flexibility index (Phi) is 35.1. The van der Waals surface area contributed by atoms with Crippen molar-refractivity contribution in [2.45, 2.75) is 219 Å². The molecular formula is C38H77NO2. The van der Waals surface area contributed by atoms with Crippen molar-refractivity contribution in [1.82, 2.24) is 4.90 Å². The van der Waals surface area contributed by atoms with Crippen molar-refractivity contribution >= 4 is 5.97 Å². The lowest BCUT2D eigenvalue weighted by Gasteiger charge is -2.20. The Bertz CT molecular complexity index is 459. The van der Waals surface area contributed by atoms with E-state index in [-0.39, 0.29) is 6.54 Å². The van der Waals surface area contributed by atoms with Gasteiger partial charge < -0.3 is 5.11 Å². The molecule has 0 heterocycles. The molecule has 0 aliphatic heterocycles. The van der Waals surface area contributed by atoms with E-state index in [1.165, 1.54) is 193 Å². The van der Waals surface area contributed by atoms with Crippen molar-refractivity contribution < 1.29 is 9.90 Å². The zero-order valence-corrected chi connectivity index (χ0v) is 28.6. The van der Waals surface area contributed by atoms with Crippen molar-refractivity contribution in [1.29, 1.82) is 0 Å². The van der Waals surface area contributed by atoms with Gasteiger partial charge in [-0.25, -0.2) is 0 Å². The fourth-order valence-electron chi connectivity index (χ4n) is 6.23. The molecule has 0 atom stereocenters. The van der Waals surface area contributed by atoms with Gasteiger partial charge in [-0.15, -0.1) is 0 Å². The summed E-state index contributed by atoms with van der Waals surface area (Å²) in [4.78, 5) is 13.5. The second-order valence-electron chi connectivity index (χ2n) is 13.3. The van der Waals surface area contributed by atoms with Gasteiger partial charge in [0.25, 0.3) is 0 Å². The zero-order valence-electron chi connectivity index (χ0n) is 28.6. The Morgan fingerprint density at radius 2 is 0.561 bits per heavy atom. The first-order valence-electron chi connectivity index (χ1n) is 19.1. The summed E-state index contributed by atoms with van der Waals surface area (Å²) in [6.07, 6.45) is 44.3. The van der Waals surface area contributed by atoms with Gasteiger partial charge in [0, 0.05) is 0 Å². The number of hydrogen-bond donors (Lipinski definition) is 1. The van der Waals surface area contributed by atoms with Crippen LogP contribution in [0.5, 0.6) is 0 Å². The Hall–Kier alpha value is -0.570. The third kappa shape index (κ3) is 35.5. The highest BCUT2D eigenvalue weighted by Gasteiger charge is 2.09. The van der Waals surface area contributed by atoms with E-state index in [2.05, 4.69) is 18.7 Å².